The van der Waals surface area contributed by atoms with Gasteiger partial charge >= 0.3 is 12.4 Å². The molecule has 0 bridgehead atoms. The van der Waals surface area contributed by atoms with Gasteiger partial charge in [-0.05, 0) is 37.1 Å². The molecular weight excluding hydrogens is 618 g/mol. The Labute approximate surface area is 261 Å². The van der Waals surface area contributed by atoms with Crippen molar-refractivity contribution < 1.29 is 26.3 Å². The zero-order valence-electron chi connectivity index (χ0n) is 24.5. The van der Waals surface area contributed by atoms with E-state index in [9.17, 15) is 26.3 Å². The second-order valence-electron chi connectivity index (χ2n) is 9.90. The Morgan fingerprint density at radius 1 is 0.711 bits per heavy atom. The van der Waals surface area contributed by atoms with Crippen LogP contribution in [0.25, 0.3) is 0 Å². The highest BCUT2D eigenvalue weighted by atomic mass is 35.5. The maximum Gasteiger partial charge on any atom is 0.417 e. The normalized spacial score (nSPS) is 12.6. The van der Waals surface area contributed by atoms with Crippen LogP contribution in [0.1, 0.15) is 59.3 Å². The molecule has 2 heterocycles. The van der Waals surface area contributed by atoms with E-state index in [0.29, 0.717) is 0 Å². The number of pyridine rings is 2. The van der Waals surface area contributed by atoms with E-state index in [0.717, 1.165) is 29.5 Å². The summed E-state index contributed by atoms with van der Waals surface area (Å²) in [5.41, 5.74) is -1.30. The zero-order valence-corrected chi connectivity index (χ0v) is 25.2. The van der Waals surface area contributed by atoms with E-state index in [2.05, 4.69) is 9.97 Å². The summed E-state index contributed by atoms with van der Waals surface area (Å²) in [6.45, 7) is 3.72. The minimum absolute atomic E-state index is 0.0534. The Morgan fingerprint density at radius 3 is 1.58 bits per heavy atom. The Balaban J connectivity index is 0.000000246. The van der Waals surface area contributed by atoms with E-state index in [1.54, 1.807) is 23.9 Å². The zero-order chi connectivity index (χ0) is 33.5. The standard InChI is InChI=1S/C16H13ClF3N3.C16H14F3N3/c1-10(11-6-4-3-5-7-11)23(2)14-8-13(16(18,19)20)12(9-21)15(17)22-14;1-11(12-6-4-3-5-7-12)22(2)15-8-14(16(17,18)19)13(9-20)10-21-15/h3-8,10H,1-2H3;3-8,10-11H,1-2H3/t10-;11-/m11/s1. The van der Waals surface area contributed by atoms with E-state index in [1.807, 2.05) is 74.5 Å². The van der Waals surface area contributed by atoms with Gasteiger partial charge in [0.15, 0.2) is 0 Å². The fraction of sp³-hybridized carbons (Fsp3) is 0.250. The molecule has 4 rings (SSSR count). The third kappa shape index (κ3) is 8.43. The van der Waals surface area contributed by atoms with Gasteiger partial charge in [0, 0.05) is 20.3 Å². The highest BCUT2D eigenvalue weighted by Crippen LogP contribution is 2.38. The molecule has 0 aliphatic heterocycles. The number of nitriles is 2. The van der Waals surface area contributed by atoms with E-state index in [-0.39, 0.29) is 23.7 Å². The summed E-state index contributed by atoms with van der Waals surface area (Å²) in [6.07, 6.45) is -8.30. The van der Waals surface area contributed by atoms with Crippen molar-refractivity contribution in [3.05, 3.63) is 118 Å². The summed E-state index contributed by atoms with van der Waals surface area (Å²) in [7, 11) is 3.30. The molecule has 234 valence electrons. The number of anilines is 2. The van der Waals surface area contributed by atoms with Crippen molar-refractivity contribution in [3.63, 3.8) is 0 Å². The van der Waals surface area contributed by atoms with Gasteiger partial charge in [-0.1, -0.05) is 72.3 Å². The van der Waals surface area contributed by atoms with Gasteiger partial charge in [0.25, 0.3) is 0 Å². The molecule has 2 atom stereocenters. The minimum Gasteiger partial charge on any atom is -0.353 e. The number of rotatable bonds is 6. The molecule has 4 aromatic rings. The maximum atomic E-state index is 13.1. The first-order chi connectivity index (χ1) is 21.1. The van der Waals surface area contributed by atoms with Crippen molar-refractivity contribution in [2.75, 3.05) is 23.9 Å². The average Bonchev–Trinajstić information content (AvgIpc) is 3.02. The van der Waals surface area contributed by atoms with Crippen LogP contribution in [0.4, 0.5) is 38.0 Å². The first kappa shape index (κ1) is 34.7. The minimum atomic E-state index is -4.68. The fourth-order valence-corrected chi connectivity index (χ4v) is 4.51. The number of halogens is 7. The number of hydrogen-bond donors (Lipinski definition) is 0. The quantitative estimate of drug-likeness (QED) is 0.154. The molecule has 2 aromatic heterocycles. The Kier molecular flexibility index (Phi) is 11.0. The molecule has 0 unspecified atom stereocenters. The molecule has 6 nitrogen and oxygen atoms in total. The van der Waals surface area contributed by atoms with Gasteiger partial charge in [-0.2, -0.15) is 36.9 Å². The lowest BCUT2D eigenvalue weighted by atomic mass is 10.1. The third-order valence-corrected chi connectivity index (χ3v) is 7.42. The first-order valence-corrected chi connectivity index (χ1v) is 13.7. The Morgan fingerprint density at radius 2 is 1.16 bits per heavy atom. The van der Waals surface area contributed by atoms with Crippen LogP contribution in [0.15, 0.2) is 79.0 Å². The largest absolute Gasteiger partial charge is 0.417 e. The SMILES string of the molecule is C[C@H](c1ccccc1)N(C)c1cc(C(F)(F)F)c(C#N)c(Cl)n1.C[C@H](c1ccccc1)N(C)c1cc(C(F)(F)F)c(C#N)cn1. The van der Waals surface area contributed by atoms with Gasteiger partial charge < -0.3 is 9.80 Å². The van der Waals surface area contributed by atoms with Gasteiger partial charge in [-0.3, -0.25) is 0 Å². The molecule has 0 spiro atoms. The second-order valence-corrected chi connectivity index (χ2v) is 10.3. The molecule has 2 aromatic carbocycles. The van der Waals surface area contributed by atoms with Crippen LogP contribution in [-0.4, -0.2) is 24.1 Å². The van der Waals surface area contributed by atoms with Gasteiger partial charge in [0.1, 0.15) is 34.5 Å². The van der Waals surface area contributed by atoms with Gasteiger partial charge in [0.2, 0.25) is 0 Å². The summed E-state index contributed by atoms with van der Waals surface area (Å²) in [5, 5.41) is 17.2. The van der Waals surface area contributed by atoms with E-state index >= 15 is 0 Å². The van der Waals surface area contributed by atoms with Gasteiger partial charge in [-0.15, -0.1) is 0 Å². The van der Waals surface area contributed by atoms with E-state index in [4.69, 9.17) is 22.1 Å². The molecular formula is C32H27ClF6N6. The van der Waals surface area contributed by atoms with Crippen molar-refractivity contribution in [2.45, 2.75) is 38.3 Å². The lowest BCUT2D eigenvalue weighted by molar-refractivity contribution is -0.138. The molecule has 0 saturated heterocycles. The molecule has 0 amide bonds. The molecule has 0 saturated carbocycles. The van der Waals surface area contributed by atoms with Crippen molar-refractivity contribution >= 4 is 23.2 Å². The highest BCUT2D eigenvalue weighted by molar-refractivity contribution is 6.30. The predicted octanol–water partition coefficient (Wildman–Crippen LogP) is 8.99. The van der Waals surface area contributed by atoms with Gasteiger partial charge in [-0.25, -0.2) is 9.97 Å². The third-order valence-electron chi connectivity index (χ3n) is 7.14. The molecule has 13 heteroatoms. The molecule has 0 N–H and O–H groups in total. The summed E-state index contributed by atoms with van der Waals surface area (Å²) < 4.78 is 78.4. The highest BCUT2D eigenvalue weighted by Gasteiger charge is 2.37. The van der Waals surface area contributed by atoms with Crippen molar-refractivity contribution in [1.82, 2.24) is 9.97 Å². The smallest absolute Gasteiger partial charge is 0.353 e. The Bertz CT molecular complexity index is 1680. The van der Waals surface area contributed by atoms with Crippen LogP contribution in [0, 0.1) is 22.7 Å². The number of hydrogen-bond acceptors (Lipinski definition) is 6. The summed E-state index contributed by atoms with van der Waals surface area (Å²) in [6, 6.07) is 23.1. The van der Waals surface area contributed by atoms with Crippen molar-refractivity contribution in [3.8, 4) is 12.1 Å². The fourth-order valence-electron chi connectivity index (χ4n) is 4.28. The van der Waals surface area contributed by atoms with E-state index < -0.39 is 39.8 Å². The van der Waals surface area contributed by atoms with Gasteiger partial charge in [0.05, 0.1) is 28.8 Å². The number of benzene rings is 2. The van der Waals surface area contributed by atoms with Crippen molar-refractivity contribution in [2.24, 2.45) is 0 Å². The lowest BCUT2D eigenvalue weighted by Gasteiger charge is -2.27. The Hall–Kier alpha value is -4.81. The van der Waals surface area contributed by atoms with Crippen LogP contribution in [0.3, 0.4) is 0 Å². The lowest BCUT2D eigenvalue weighted by Crippen LogP contribution is -2.24. The summed E-state index contributed by atoms with van der Waals surface area (Å²) in [4.78, 5) is 11.1. The number of alkyl halides is 6. The molecule has 0 fully saturated rings. The maximum absolute atomic E-state index is 13.1. The topological polar surface area (TPSA) is 79.8 Å². The second kappa shape index (κ2) is 14.3. The van der Waals surface area contributed by atoms with E-state index in [1.165, 1.54) is 12.1 Å². The molecule has 0 radical (unpaired) electrons. The number of nitrogens with zero attached hydrogens (tertiary/aromatic N) is 6. The monoisotopic (exact) mass is 644 g/mol. The molecule has 0 aliphatic carbocycles. The molecule has 45 heavy (non-hydrogen) atoms. The predicted molar refractivity (Wildman–Crippen MR) is 159 cm³/mol. The van der Waals surface area contributed by atoms with Crippen LogP contribution < -0.4 is 9.80 Å². The van der Waals surface area contributed by atoms with Crippen LogP contribution in [-0.2, 0) is 12.4 Å². The van der Waals surface area contributed by atoms with Crippen LogP contribution >= 0.6 is 11.6 Å². The molecule has 0 aliphatic rings. The number of aromatic nitrogens is 2. The summed E-state index contributed by atoms with van der Waals surface area (Å²) >= 11 is 5.78. The average molecular weight is 645 g/mol. The summed E-state index contributed by atoms with van der Waals surface area (Å²) in [5.74, 6) is 0.223. The van der Waals surface area contributed by atoms with Crippen LogP contribution in [0.5, 0.6) is 0 Å². The van der Waals surface area contributed by atoms with Crippen LogP contribution in [0.2, 0.25) is 5.15 Å². The van der Waals surface area contributed by atoms with Crippen molar-refractivity contribution in [1.29, 1.82) is 10.5 Å². The first-order valence-electron chi connectivity index (χ1n) is 13.3.